The Morgan fingerprint density at radius 1 is 0.607 bits per heavy atom. The molecule has 14 nitrogen and oxygen atoms in total. The molecule has 3 unspecified atom stereocenters. The molecule has 1 heterocycles. The molecule has 0 bridgehead atoms. The zero-order valence-corrected chi connectivity index (χ0v) is 38.9. The molecule has 1 rings (SSSR count). The van der Waals surface area contributed by atoms with E-state index in [1.54, 1.807) is 0 Å². The van der Waals surface area contributed by atoms with Crippen LogP contribution in [-0.2, 0) is 46.5 Å². The molecule has 1 fully saturated rings. The van der Waals surface area contributed by atoms with E-state index in [1.807, 2.05) is 18.2 Å². The second-order valence-electron chi connectivity index (χ2n) is 15.8. The zero-order valence-electron chi connectivity index (χ0n) is 37.1. The summed E-state index contributed by atoms with van der Waals surface area (Å²) in [5, 5.41) is 9.75. The molecule has 0 amide bonds. The van der Waals surface area contributed by atoms with Gasteiger partial charge in [0.2, 0.25) is 0 Å². The molecule has 0 radical (unpaired) electrons. The van der Waals surface area contributed by atoms with Crippen LogP contribution in [-0.4, -0.2) is 82.6 Å². The third-order valence-electron chi connectivity index (χ3n) is 9.50. The van der Waals surface area contributed by atoms with Crippen molar-refractivity contribution >= 4 is 27.6 Å². The monoisotopic (exact) mass is 904 g/mol. The smallest absolute Gasteiger partial charge is 0.462 e. The molecular weight excluding hydrogens is 826 g/mol. The average molecular weight is 905 g/mol. The van der Waals surface area contributed by atoms with Crippen molar-refractivity contribution in [2.24, 2.45) is 5.92 Å². The maximum absolute atomic E-state index is 12.6. The van der Waals surface area contributed by atoms with Crippen molar-refractivity contribution in [1.82, 2.24) is 0 Å². The molecule has 4 N–H and O–H groups in total. The van der Waals surface area contributed by atoms with E-state index in [9.17, 15) is 28.7 Å². The van der Waals surface area contributed by atoms with Gasteiger partial charge in [-0.15, -0.1) is 0 Å². The Bertz CT molecular complexity index is 1390. The molecule has 16 heteroatoms. The van der Waals surface area contributed by atoms with Gasteiger partial charge in [0.15, 0.2) is 6.10 Å². The van der Waals surface area contributed by atoms with Crippen LogP contribution >= 0.6 is 15.6 Å². The molecule has 0 aromatic carbocycles. The molecular formula is C45H78O14P2. The molecule has 1 aliphatic rings. The number of unbranched alkanes of at least 4 members (excludes halogenated alkanes) is 10. The quantitative estimate of drug-likeness (QED) is 0.0148. The molecule has 1 aliphatic heterocycles. The van der Waals surface area contributed by atoms with Gasteiger partial charge in [-0.25, -0.2) is 9.13 Å². The lowest BCUT2D eigenvalue weighted by Gasteiger charge is -2.20. The second kappa shape index (κ2) is 36.2. The first-order valence-electron chi connectivity index (χ1n) is 22.5. The maximum Gasteiger partial charge on any atom is 0.472 e. The van der Waals surface area contributed by atoms with Gasteiger partial charge in [-0.3, -0.25) is 23.2 Å². The van der Waals surface area contributed by atoms with Crippen LogP contribution in [0, 0.1) is 5.92 Å². The SMILES string of the molecule is CC/C=C\CC1OC1C/C=C\C/C=C\C/C=C\C/C=C\CCC(=O)O[C@H](COC(=O)CCCCCCCCCCCCCC(C)C)COP(=O)(O)OC[C@@H](O)COP(=O)(O)O. The fourth-order valence-corrected chi connectivity index (χ4v) is 7.17. The zero-order chi connectivity index (χ0) is 45.0. The summed E-state index contributed by atoms with van der Waals surface area (Å²) >= 11 is 0. The summed E-state index contributed by atoms with van der Waals surface area (Å²) in [7, 11) is -9.71. The molecule has 0 saturated carbocycles. The summed E-state index contributed by atoms with van der Waals surface area (Å²) in [6.45, 7) is 3.86. The average Bonchev–Trinajstić information content (AvgIpc) is 3.96. The number of esters is 2. The van der Waals surface area contributed by atoms with Gasteiger partial charge >= 0.3 is 27.6 Å². The number of hydrogen-bond acceptors (Lipinski definition) is 11. The minimum atomic E-state index is -4.87. The Balaban J connectivity index is 2.40. The van der Waals surface area contributed by atoms with Crippen LogP contribution in [0.3, 0.4) is 0 Å². The lowest BCUT2D eigenvalue weighted by Crippen LogP contribution is -2.29. The Kier molecular flexibility index (Phi) is 33.7. The summed E-state index contributed by atoms with van der Waals surface area (Å²) in [5.41, 5.74) is 0. The number of epoxide rings is 1. The number of phosphoric ester groups is 2. The third kappa shape index (κ3) is 38.0. The van der Waals surface area contributed by atoms with Crippen molar-refractivity contribution in [3.8, 4) is 0 Å². The van der Waals surface area contributed by atoms with E-state index >= 15 is 0 Å². The van der Waals surface area contributed by atoms with Crippen molar-refractivity contribution < 1.29 is 66.3 Å². The standard InChI is InChI=1S/C45H78O14P2/c1-4-5-25-31-42-43(59-42)32-27-22-18-14-10-6-7-11-16-20-24-29-34-45(48)58-41(38-57-61(52,53)56-36-40(46)35-55-60(49,50)51)37-54-44(47)33-28-23-19-15-12-8-9-13-17-21-26-30-39(2)3/h5,7,10-11,14,20,22,24-25,27,39-43,46H,4,6,8-9,12-13,15-19,21,23,26,28-38H2,1-3H3,(H,52,53)(H2,49,50,51)/b11-7-,14-10-,24-20-,25-5-,27-22-/t40-,41+,42?,43?/m0/s1. The highest BCUT2D eigenvalue weighted by Crippen LogP contribution is 2.44. The van der Waals surface area contributed by atoms with E-state index in [0.29, 0.717) is 31.5 Å². The van der Waals surface area contributed by atoms with E-state index < -0.39 is 66.2 Å². The number of aliphatic hydroxyl groups is 1. The van der Waals surface area contributed by atoms with Crippen LogP contribution in [0.4, 0.5) is 0 Å². The van der Waals surface area contributed by atoms with Crippen LogP contribution in [0.25, 0.3) is 0 Å². The maximum atomic E-state index is 12.6. The lowest BCUT2D eigenvalue weighted by molar-refractivity contribution is -0.161. The van der Waals surface area contributed by atoms with E-state index in [4.69, 9.17) is 28.5 Å². The van der Waals surface area contributed by atoms with Crippen LogP contribution in [0.5, 0.6) is 0 Å². The highest BCUT2D eigenvalue weighted by Gasteiger charge is 2.36. The molecule has 0 aliphatic carbocycles. The van der Waals surface area contributed by atoms with Gasteiger partial charge in [0.25, 0.3) is 0 Å². The van der Waals surface area contributed by atoms with Crippen LogP contribution in [0.15, 0.2) is 60.8 Å². The third-order valence-corrected chi connectivity index (χ3v) is 10.9. The predicted octanol–water partition coefficient (Wildman–Crippen LogP) is 10.5. The van der Waals surface area contributed by atoms with Gasteiger partial charge in [0.1, 0.15) is 12.7 Å². The fraction of sp³-hybridized carbons (Fsp3) is 0.733. The number of hydrogen-bond donors (Lipinski definition) is 4. The summed E-state index contributed by atoms with van der Waals surface area (Å²) < 4.78 is 53.4. The minimum Gasteiger partial charge on any atom is -0.462 e. The first-order chi connectivity index (χ1) is 29.2. The fourth-order valence-electron chi connectivity index (χ4n) is 6.01. The first-order valence-corrected chi connectivity index (χ1v) is 25.5. The van der Waals surface area contributed by atoms with Gasteiger partial charge in [-0.05, 0) is 57.3 Å². The second-order valence-corrected chi connectivity index (χ2v) is 18.5. The number of allylic oxidation sites excluding steroid dienone is 8. The molecule has 0 spiro atoms. The molecule has 5 atom stereocenters. The van der Waals surface area contributed by atoms with E-state index in [1.165, 1.54) is 51.4 Å². The van der Waals surface area contributed by atoms with Crippen molar-refractivity contribution in [3.63, 3.8) is 0 Å². The van der Waals surface area contributed by atoms with Gasteiger partial charge in [-0.1, -0.05) is 152 Å². The lowest BCUT2D eigenvalue weighted by atomic mass is 10.0. The number of ether oxygens (including phenoxy) is 3. The van der Waals surface area contributed by atoms with Crippen molar-refractivity contribution in [1.29, 1.82) is 0 Å². The summed E-state index contributed by atoms with van der Waals surface area (Å²) in [6, 6.07) is 0. The summed E-state index contributed by atoms with van der Waals surface area (Å²) in [6.07, 6.45) is 38.5. The van der Waals surface area contributed by atoms with E-state index in [-0.39, 0.29) is 12.8 Å². The van der Waals surface area contributed by atoms with Crippen LogP contribution in [0.2, 0.25) is 0 Å². The Labute approximate surface area is 366 Å². The summed E-state index contributed by atoms with van der Waals surface area (Å²) in [4.78, 5) is 52.7. The Morgan fingerprint density at radius 2 is 1.10 bits per heavy atom. The van der Waals surface area contributed by atoms with E-state index in [2.05, 4.69) is 72.4 Å². The molecule has 61 heavy (non-hydrogen) atoms. The minimum absolute atomic E-state index is 0.00168. The van der Waals surface area contributed by atoms with Gasteiger partial charge in [-0.2, -0.15) is 0 Å². The predicted molar refractivity (Wildman–Crippen MR) is 238 cm³/mol. The number of carbonyl (C=O) groups excluding carboxylic acids is 2. The molecule has 352 valence electrons. The van der Waals surface area contributed by atoms with Crippen molar-refractivity contribution in [3.05, 3.63) is 60.8 Å². The molecule has 0 aromatic rings. The summed E-state index contributed by atoms with van der Waals surface area (Å²) in [5.74, 6) is -0.355. The molecule has 0 aromatic heterocycles. The number of rotatable bonds is 40. The van der Waals surface area contributed by atoms with Crippen LogP contribution in [0.1, 0.15) is 156 Å². The normalized spacial score (nSPS) is 18.0. The first kappa shape index (κ1) is 56.8. The topological polar surface area (TPSA) is 208 Å². The largest absolute Gasteiger partial charge is 0.472 e. The highest BCUT2D eigenvalue weighted by atomic mass is 31.2. The number of carbonyl (C=O) groups is 2. The van der Waals surface area contributed by atoms with Crippen molar-refractivity contribution in [2.45, 2.75) is 180 Å². The Hall–Kier alpha value is -2.22. The van der Waals surface area contributed by atoms with Gasteiger partial charge in [0.05, 0.1) is 32.0 Å². The highest BCUT2D eigenvalue weighted by molar-refractivity contribution is 7.47. The van der Waals surface area contributed by atoms with Crippen molar-refractivity contribution in [2.75, 3.05) is 26.4 Å². The van der Waals surface area contributed by atoms with E-state index in [0.717, 1.165) is 57.3 Å². The van der Waals surface area contributed by atoms with Gasteiger partial charge in [0, 0.05) is 12.8 Å². The number of aliphatic hydroxyl groups excluding tert-OH is 1. The van der Waals surface area contributed by atoms with Gasteiger partial charge < -0.3 is 34.0 Å². The molecule has 1 saturated heterocycles. The van der Waals surface area contributed by atoms with Crippen LogP contribution < -0.4 is 0 Å². The number of phosphoric acid groups is 2. The Morgan fingerprint density at radius 3 is 1.66 bits per heavy atom.